The summed E-state index contributed by atoms with van der Waals surface area (Å²) in [6, 6.07) is 7.19. The van der Waals surface area contributed by atoms with Crippen molar-refractivity contribution >= 4 is 18.3 Å². The third-order valence-corrected chi connectivity index (χ3v) is 5.49. The van der Waals surface area contributed by atoms with Crippen LogP contribution < -0.4 is 10.1 Å². The minimum absolute atomic E-state index is 0.0690. The van der Waals surface area contributed by atoms with Gasteiger partial charge in [0.25, 0.3) is 12.4 Å². The van der Waals surface area contributed by atoms with Gasteiger partial charge in [0.1, 0.15) is 12.4 Å². The lowest BCUT2D eigenvalue weighted by Gasteiger charge is -2.40. The van der Waals surface area contributed by atoms with Crippen LogP contribution in [-0.2, 0) is 32.7 Å². The molecule has 1 saturated carbocycles. The molecule has 0 bridgehead atoms. The highest BCUT2D eigenvalue weighted by atomic mass is 16.5. The van der Waals surface area contributed by atoms with Gasteiger partial charge in [0.2, 0.25) is 5.91 Å². The van der Waals surface area contributed by atoms with Gasteiger partial charge in [0, 0.05) is 31.4 Å². The highest BCUT2D eigenvalue weighted by Crippen LogP contribution is 2.39. The molecule has 2 fully saturated rings. The van der Waals surface area contributed by atoms with Crippen molar-refractivity contribution < 1.29 is 29.0 Å². The average Bonchev–Trinajstić information content (AvgIpc) is 3.56. The van der Waals surface area contributed by atoms with Crippen LogP contribution in [0.1, 0.15) is 35.7 Å². The first-order valence-corrected chi connectivity index (χ1v) is 10.3. The molecule has 2 amide bonds. The van der Waals surface area contributed by atoms with E-state index in [1.54, 1.807) is 11.8 Å². The van der Waals surface area contributed by atoms with Gasteiger partial charge in [0.05, 0.1) is 18.8 Å². The Morgan fingerprint density at radius 2 is 2.00 bits per heavy atom. The van der Waals surface area contributed by atoms with Gasteiger partial charge in [-0.3, -0.25) is 19.1 Å². The molecule has 172 valence electrons. The maximum absolute atomic E-state index is 13.1. The van der Waals surface area contributed by atoms with Crippen molar-refractivity contribution in [3.05, 3.63) is 47.3 Å². The molecule has 1 aliphatic carbocycles. The van der Waals surface area contributed by atoms with Crippen LogP contribution in [-0.4, -0.2) is 63.9 Å². The molecule has 10 nitrogen and oxygen atoms in total. The average molecular weight is 444 g/mol. The molecule has 0 radical (unpaired) electrons. The Morgan fingerprint density at radius 3 is 2.53 bits per heavy atom. The lowest BCUT2D eigenvalue weighted by molar-refractivity contribution is -0.165. The Bertz CT molecular complexity index is 954. The third-order valence-electron chi connectivity index (χ3n) is 5.49. The topological polar surface area (TPSA) is 123 Å². The number of carbonyl (C=O) groups is 3. The van der Waals surface area contributed by atoms with Crippen molar-refractivity contribution in [1.82, 2.24) is 20.0 Å². The summed E-state index contributed by atoms with van der Waals surface area (Å²) in [6.07, 6.45) is 3.04. The normalized spacial score (nSPS) is 20.2. The quantitative estimate of drug-likeness (QED) is 0.642. The zero-order valence-electron chi connectivity index (χ0n) is 18.4. The number of carbonyl (C=O) groups excluding carboxylic acids is 2. The van der Waals surface area contributed by atoms with Crippen molar-refractivity contribution in [3.8, 4) is 5.75 Å². The molecule has 1 aromatic carbocycles. The molecule has 32 heavy (non-hydrogen) atoms. The van der Waals surface area contributed by atoms with Crippen molar-refractivity contribution in [2.75, 3.05) is 13.7 Å². The second kappa shape index (κ2) is 10.3. The first-order valence-electron chi connectivity index (χ1n) is 10.3. The minimum Gasteiger partial charge on any atom is -0.497 e. The molecule has 4 rings (SSSR count). The maximum atomic E-state index is 13.1. The monoisotopic (exact) mass is 444 g/mol. The Balaban J connectivity index is 0.000000913. The number of aromatic nitrogens is 2. The Kier molecular flexibility index (Phi) is 7.47. The summed E-state index contributed by atoms with van der Waals surface area (Å²) >= 11 is 0. The van der Waals surface area contributed by atoms with Gasteiger partial charge in [-0.05, 0) is 37.5 Å². The zero-order chi connectivity index (χ0) is 23.3. The molecule has 2 aromatic rings. The molecule has 2 N–H and O–H groups in total. The fourth-order valence-corrected chi connectivity index (χ4v) is 3.87. The van der Waals surface area contributed by atoms with Crippen LogP contribution in [0.5, 0.6) is 5.75 Å². The molecule has 1 aromatic heterocycles. The molecular weight excluding hydrogens is 416 g/mol. The summed E-state index contributed by atoms with van der Waals surface area (Å²) in [4.78, 5) is 35.9. The van der Waals surface area contributed by atoms with Crippen molar-refractivity contribution in [2.45, 2.75) is 44.5 Å². The van der Waals surface area contributed by atoms with Gasteiger partial charge in [0.15, 0.2) is 6.10 Å². The Morgan fingerprint density at radius 1 is 1.34 bits per heavy atom. The fourth-order valence-electron chi connectivity index (χ4n) is 3.87. The largest absolute Gasteiger partial charge is 0.497 e. The second-order valence-electron chi connectivity index (χ2n) is 7.72. The molecule has 2 aliphatic rings. The van der Waals surface area contributed by atoms with E-state index in [0.717, 1.165) is 35.4 Å². The van der Waals surface area contributed by atoms with E-state index >= 15 is 0 Å². The Hall–Kier alpha value is -3.40. The summed E-state index contributed by atoms with van der Waals surface area (Å²) in [5.74, 6) is 0.426. The minimum atomic E-state index is -0.765. The van der Waals surface area contributed by atoms with Gasteiger partial charge in [-0.15, -0.1) is 0 Å². The predicted octanol–water partition coefficient (Wildman–Crippen LogP) is 1.19. The van der Waals surface area contributed by atoms with Crippen LogP contribution >= 0.6 is 0 Å². The smallest absolute Gasteiger partial charge is 0.290 e. The highest BCUT2D eigenvalue weighted by Gasteiger charge is 2.47. The van der Waals surface area contributed by atoms with E-state index in [0.29, 0.717) is 6.54 Å². The summed E-state index contributed by atoms with van der Waals surface area (Å²) in [5, 5.41) is 14.2. The first-order chi connectivity index (χ1) is 15.4. The van der Waals surface area contributed by atoms with E-state index in [1.165, 1.54) is 0 Å². The van der Waals surface area contributed by atoms with E-state index in [4.69, 9.17) is 19.4 Å². The number of nitrogens with zero attached hydrogens (tertiary/aromatic N) is 3. The lowest BCUT2D eigenvalue weighted by atomic mass is 9.96. The van der Waals surface area contributed by atoms with E-state index in [9.17, 15) is 9.59 Å². The number of hydrogen-bond donors (Lipinski definition) is 2. The van der Waals surface area contributed by atoms with E-state index in [2.05, 4.69) is 10.4 Å². The van der Waals surface area contributed by atoms with Crippen LogP contribution in [0.4, 0.5) is 0 Å². The van der Waals surface area contributed by atoms with E-state index in [-0.39, 0.29) is 30.9 Å². The zero-order valence-corrected chi connectivity index (χ0v) is 18.4. The fraction of sp³-hybridized carbons (Fsp3) is 0.455. The van der Waals surface area contributed by atoms with Crippen LogP contribution in [0.3, 0.4) is 0 Å². The van der Waals surface area contributed by atoms with E-state index < -0.39 is 12.1 Å². The molecule has 2 atom stereocenters. The van der Waals surface area contributed by atoms with Crippen LogP contribution in [0.2, 0.25) is 0 Å². The van der Waals surface area contributed by atoms with Gasteiger partial charge in [-0.1, -0.05) is 12.1 Å². The standard InChI is InChI=1S/C21H26N4O4.CH2O2/c1-13-15(11-24(2)23-13)10-22-21(27)20-19(14-4-8-17(28-3)9-5-14)25(16-6-7-16)18(26)12-29-20;2-1-3/h4-5,8-9,11,16,19-20H,6-7,10,12H2,1-3H3,(H,22,27);1H,(H,2,3)/t19-,20+;/m1./s1. The molecule has 1 saturated heterocycles. The van der Waals surface area contributed by atoms with Crippen LogP contribution in [0, 0.1) is 6.92 Å². The summed E-state index contributed by atoms with van der Waals surface area (Å²) < 4.78 is 12.7. The van der Waals surface area contributed by atoms with Crippen LogP contribution in [0.25, 0.3) is 0 Å². The number of nitrogens with one attached hydrogen (secondary N) is 1. The number of aryl methyl sites for hydroxylation is 2. The highest BCUT2D eigenvalue weighted by molar-refractivity contribution is 5.86. The number of benzene rings is 1. The summed E-state index contributed by atoms with van der Waals surface area (Å²) in [6.45, 7) is 1.95. The first kappa shape index (κ1) is 23.3. The van der Waals surface area contributed by atoms with Gasteiger partial charge >= 0.3 is 0 Å². The molecule has 0 spiro atoms. The van der Waals surface area contributed by atoms with Crippen molar-refractivity contribution in [2.24, 2.45) is 7.05 Å². The number of rotatable bonds is 6. The van der Waals surface area contributed by atoms with Crippen LogP contribution in [0.15, 0.2) is 30.5 Å². The van der Waals surface area contributed by atoms with Gasteiger partial charge in [-0.2, -0.15) is 5.10 Å². The maximum Gasteiger partial charge on any atom is 0.290 e. The number of amides is 2. The molecular formula is C22H28N4O6. The van der Waals surface area contributed by atoms with E-state index in [1.807, 2.05) is 49.3 Å². The Labute approximate surface area is 186 Å². The number of morpholine rings is 1. The van der Waals surface area contributed by atoms with Crippen molar-refractivity contribution in [1.29, 1.82) is 0 Å². The van der Waals surface area contributed by atoms with Gasteiger partial charge < -0.3 is 24.8 Å². The van der Waals surface area contributed by atoms with Gasteiger partial charge in [-0.25, -0.2) is 0 Å². The molecule has 1 aliphatic heterocycles. The molecule has 0 unspecified atom stereocenters. The van der Waals surface area contributed by atoms with Crippen molar-refractivity contribution in [3.63, 3.8) is 0 Å². The number of hydrogen-bond acceptors (Lipinski definition) is 6. The lowest BCUT2D eigenvalue weighted by Crippen LogP contribution is -2.55. The molecule has 10 heteroatoms. The summed E-state index contributed by atoms with van der Waals surface area (Å²) in [5.41, 5.74) is 2.69. The second-order valence-corrected chi connectivity index (χ2v) is 7.72. The predicted molar refractivity (Wildman–Crippen MR) is 114 cm³/mol. The number of methoxy groups -OCH3 is 1. The third kappa shape index (κ3) is 5.25. The number of carboxylic acid groups (broad SMARTS) is 1. The summed E-state index contributed by atoms with van der Waals surface area (Å²) in [7, 11) is 3.46. The molecule has 2 heterocycles. The SMILES string of the molecule is COc1ccc([C@@H]2[C@@H](C(=O)NCc3cn(C)nc3C)OCC(=O)N2C2CC2)cc1.O=CO. The number of ether oxygens (including phenoxy) is 2.